The van der Waals surface area contributed by atoms with E-state index in [9.17, 15) is 19.2 Å². The molecule has 0 radical (unpaired) electrons. The van der Waals surface area contributed by atoms with Crippen molar-refractivity contribution in [3.8, 4) is 0 Å². The monoisotopic (exact) mass is 365 g/mol. The number of nitrogens with zero attached hydrogens (tertiary/aromatic N) is 1. The zero-order chi connectivity index (χ0) is 13.7. The molecule has 0 saturated carbocycles. The predicted octanol–water partition coefficient (Wildman–Crippen LogP) is 2.99. The predicted molar refractivity (Wildman–Crippen MR) is 71.1 cm³/mol. The Morgan fingerprint density at radius 1 is 1.56 bits per heavy atom. The van der Waals surface area contributed by atoms with Crippen LogP contribution in [0.1, 0.15) is 12.5 Å². The molecule has 5 nitrogen and oxygen atoms in total. The molecule has 0 aliphatic heterocycles. The van der Waals surface area contributed by atoms with Crippen molar-refractivity contribution in [3.05, 3.63) is 43.8 Å². The molecule has 0 heterocycles. The van der Waals surface area contributed by atoms with Gasteiger partial charge >= 0.3 is 5.97 Å². The highest BCUT2D eigenvalue weighted by Crippen LogP contribution is 2.23. The first-order valence-corrected chi connectivity index (χ1v) is 5.98. The molecular formula is C11H9FINO4. The van der Waals surface area contributed by atoms with E-state index in [-0.39, 0.29) is 12.2 Å². The van der Waals surface area contributed by atoms with Gasteiger partial charge in [0.25, 0.3) is 0 Å². The lowest BCUT2D eigenvalue weighted by Crippen LogP contribution is -2.08. The van der Waals surface area contributed by atoms with E-state index in [1.807, 2.05) is 22.6 Å². The number of hydrogen-bond acceptors (Lipinski definition) is 5. The summed E-state index contributed by atoms with van der Waals surface area (Å²) in [5, 5.41) is 12.1. The summed E-state index contributed by atoms with van der Waals surface area (Å²) < 4.78 is 18.6. The second kappa shape index (κ2) is 6.43. The Labute approximate surface area is 116 Å². The van der Waals surface area contributed by atoms with Gasteiger partial charge < -0.3 is 9.84 Å². The van der Waals surface area contributed by atoms with Gasteiger partial charge in [0.2, 0.25) is 5.70 Å². The van der Waals surface area contributed by atoms with Crippen molar-refractivity contribution in [2.45, 2.75) is 6.92 Å². The van der Waals surface area contributed by atoms with Crippen LogP contribution in [0.3, 0.4) is 0 Å². The molecule has 96 valence electrons. The van der Waals surface area contributed by atoms with Crippen molar-refractivity contribution in [1.82, 2.24) is 0 Å². The average Bonchev–Trinajstić information content (AvgIpc) is 2.33. The molecule has 0 saturated heterocycles. The number of carbonyl (C=O) groups excluding carboxylic acids is 1. The Bertz CT molecular complexity index is 516. The van der Waals surface area contributed by atoms with Gasteiger partial charge in [-0.3, -0.25) is 0 Å². The van der Waals surface area contributed by atoms with Crippen molar-refractivity contribution in [2.75, 3.05) is 6.61 Å². The van der Waals surface area contributed by atoms with Crippen LogP contribution < -0.4 is 0 Å². The van der Waals surface area contributed by atoms with E-state index in [1.165, 1.54) is 19.1 Å². The molecule has 0 spiro atoms. The first kappa shape index (κ1) is 14.6. The molecule has 7 heteroatoms. The third kappa shape index (κ3) is 3.25. The first-order valence-electron chi connectivity index (χ1n) is 4.90. The number of nitroso groups, excluding NO2 is 1. The maximum absolute atomic E-state index is 13.5. The minimum atomic E-state index is -1.09. The van der Waals surface area contributed by atoms with Gasteiger partial charge in [-0.05, 0) is 52.9 Å². The number of carbonyl (C=O) groups is 1. The van der Waals surface area contributed by atoms with Crippen molar-refractivity contribution in [3.63, 3.8) is 0 Å². The van der Waals surface area contributed by atoms with Crippen molar-refractivity contribution in [2.24, 2.45) is 5.18 Å². The topological polar surface area (TPSA) is 76.0 Å². The summed E-state index contributed by atoms with van der Waals surface area (Å²) in [6, 6.07) is 3.88. The van der Waals surface area contributed by atoms with Gasteiger partial charge in [-0.2, -0.15) is 0 Å². The van der Waals surface area contributed by atoms with E-state index >= 15 is 0 Å². The summed E-state index contributed by atoms with van der Waals surface area (Å²) in [6.07, 6.45) is 0. The number of benzene rings is 1. The molecule has 1 aromatic carbocycles. The van der Waals surface area contributed by atoms with Crippen LogP contribution in [-0.2, 0) is 9.53 Å². The molecule has 0 aromatic heterocycles. The van der Waals surface area contributed by atoms with E-state index in [0.717, 1.165) is 6.07 Å². The van der Waals surface area contributed by atoms with Gasteiger partial charge in [0.05, 0.1) is 12.2 Å². The second-order valence-corrected chi connectivity index (χ2v) is 4.38. The van der Waals surface area contributed by atoms with Gasteiger partial charge in [0.15, 0.2) is 5.76 Å². The zero-order valence-corrected chi connectivity index (χ0v) is 11.5. The van der Waals surface area contributed by atoms with Crippen LogP contribution >= 0.6 is 22.6 Å². The molecule has 1 N–H and O–H groups in total. The number of esters is 1. The molecule has 1 aromatic rings. The van der Waals surface area contributed by atoms with Gasteiger partial charge in [-0.15, -0.1) is 4.91 Å². The Hall–Kier alpha value is -1.51. The molecule has 0 atom stereocenters. The standard InChI is InChI=1S/C11H9FINO4/c1-2-18-11(16)9(14-17)10(15)7-5-6(13)3-4-8(7)12/h3-5,15H,2H2,1H3/b10-9-. The van der Waals surface area contributed by atoms with Crippen LogP contribution in [0, 0.1) is 14.3 Å². The number of aliphatic hydroxyl groups is 1. The maximum Gasteiger partial charge on any atom is 0.364 e. The summed E-state index contributed by atoms with van der Waals surface area (Å²) in [4.78, 5) is 21.9. The van der Waals surface area contributed by atoms with Crippen LogP contribution in [-0.4, -0.2) is 17.7 Å². The van der Waals surface area contributed by atoms with Crippen molar-refractivity contribution < 1.29 is 19.0 Å². The van der Waals surface area contributed by atoms with Gasteiger partial charge in [-0.1, -0.05) is 0 Å². The fourth-order valence-electron chi connectivity index (χ4n) is 1.18. The molecule has 18 heavy (non-hydrogen) atoms. The largest absolute Gasteiger partial charge is 0.505 e. The summed E-state index contributed by atoms with van der Waals surface area (Å²) in [5.41, 5.74) is -1.12. The third-order valence-electron chi connectivity index (χ3n) is 1.97. The highest BCUT2D eigenvalue weighted by Gasteiger charge is 2.21. The van der Waals surface area contributed by atoms with Crippen LogP contribution in [0.5, 0.6) is 0 Å². The molecule has 0 unspecified atom stereocenters. The van der Waals surface area contributed by atoms with Crippen LogP contribution in [0.25, 0.3) is 5.76 Å². The summed E-state index contributed by atoms with van der Waals surface area (Å²) in [6.45, 7) is 1.54. The van der Waals surface area contributed by atoms with E-state index in [0.29, 0.717) is 3.57 Å². The van der Waals surface area contributed by atoms with Crippen LogP contribution in [0.2, 0.25) is 0 Å². The van der Waals surface area contributed by atoms with Crippen molar-refractivity contribution >= 4 is 34.3 Å². The van der Waals surface area contributed by atoms with Crippen LogP contribution in [0.4, 0.5) is 4.39 Å². The highest BCUT2D eigenvalue weighted by atomic mass is 127. The molecule has 0 aliphatic carbocycles. The van der Waals surface area contributed by atoms with Gasteiger partial charge in [0.1, 0.15) is 5.82 Å². The molecule has 0 bridgehead atoms. The van der Waals surface area contributed by atoms with E-state index < -0.39 is 23.2 Å². The highest BCUT2D eigenvalue weighted by molar-refractivity contribution is 14.1. The minimum absolute atomic E-state index is 0.0138. The average molecular weight is 365 g/mol. The normalized spacial score (nSPS) is 11.7. The molecule has 0 aliphatic rings. The maximum atomic E-state index is 13.5. The number of aliphatic hydroxyl groups excluding tert-OH is 1. The minimum Gasteiger partial charge on any atom is -0.505 e. The fraction of sp³-hybridized carbons (Fsp3) is 0.182. The van der Waals surface area contributed by atoms with Gasteiger partial charge in [0, 0.05) is 3.57 Å². The van der Waals surface area contributed by atoms with Gasteiger partial charge in [-0.25, -0.2) is 9.18 Å². The van der Waals surface area contributed by atoms with E-state index in [2.05, 4.69) is 9.91 Å². The molecule has 0 amide bonds. The van der Waals surface area contributed by atoms with Crippen molar-refractivity contribution in [1.29, 1.82) is 0 Å². The van der Waals surface area contributed by atoms with E-state index in [1.54, 1.807) is 0 Å². The number of rotatable bonds is 4. The molecular weight excluding hydrogens is 356 g/mol. The number of ether oxygens (including phenoxy) is 1. The fourth-order valence-corrected chi connectivity index (χ4v) is 1.67. The second-order valence-electron chi connectivity index (χ2n) is 3.13. The quantitative estimate of drug-likeness (QED) is 0.293. The number of hydrogen-bond donors (Lipinski definition) is 1. The van der Waals surface area contributed by atoms with Crippen LogP contribution in [0.15, 0.2) is 29.1 Å². The SMILES string of the molecule is CCOC(=O)/C(N=O)=C(/O)c1cc(I)ccc1F. The smallest absolute Gasteiger partial charge is 0.364 e. The summed E-state index contributed by atoms with van der Waals surface area (Å²) in [5.74, 6) is -2.69. The Kier molecular flexibility index (Phi) is 5.20. The summed E-state index contributed by atoms with van der Waals surface area (Å²) in [7, 11) is 0. The summed E-state index contributed by atoms with van der Waals surface area (Å²) >= 11 is 1.90. The Morgan fingerprint density at radius 2 is 2.22 bits per heavy atom. The Morgan fingerprint density at radius 3 is 2.78 bits per heavy atom. The third-order valence-corrected chi connectivity index (χ3v) is 2.64. The lowest BCUT2D eigenvalue weighted by atomic mass is 10.1. The first-order chi connectivity index (χ1) is 8.51. The lowest BCUT2D eigenvalue weighted by Gasteiger charge is -2.05. The zero-order valence-electron chi connectivity index (χ0n) is 9.31. The number of halogens is 2. The molecule has 0 fully saturated rings. The van der Waals surface area contributed by atoms with E-state index in [4.69, 9.17) is 0 Å². The Balaban J connectivity index is 3.30. The lowest BCUT2D eigenvalue weighted by molar-refractivity contribution is -0.138. The molecule has 1 rings (SSSR count).